The Morgan fingerprint density at radius 2 is 1.63 bits per heavy atom. The first kappa shape index (κ1) is 26.6. The maximum absolute atomic E-state index is 13.2. The lowest BCUT2D eigenvalue weighted by Crippen LogP contribution is -2.29. The van der Waals surface area contributed by atoms with Gasteiger partial charge in [-0.15, -0.1) is 0 Å². The predicted octanol–water partition coefficient (Wildman–Crippen LogP) is 4.71. The summed E-state index contributed by atoms with van der Waals surface area (Å²) < 4.78 is 5.10. The number of esters is 1. The van der Waals surface area contributed by atoms with Crippen molar-refractivity contribution in [3.63, 3.8) is 0 Å². The predicted molar refractivity (Wildman–Crippen MR) is 151 cm³/mol. The zero-order chi connectivity index (χ0) is 27.2. The average molecular weight is 513 g/mol. The van der Waals surface area contributed by atoms with E-state index in [9.17, 15) is 14.4 Å². The lowest BCUT2D eigenvalue weighted by atomic mass is 9.99. The van der Waals surface area contributed by atoms with Crippen LogP contribution in [0.5, 0.6) is 0 Å². The molecule has 0 radical (unpaired) electrons. The van der Waals surface area contributed by atoms with Crippen molar-refractivity contribution in [2.75, 3.05) is 49.8 Å². The molecule has 4 rings (SSSR count). The van der Waals surface area contributed by atoms with Crippen molar-refractivity contribution >= 4 is 46.1 Å². The molecule has 1 aliphatic heterocycles. The van der Waals surface area contributed by atoms with E-state index in [0.29, 0.717) is 41.1 Å². The normalized spacial score (nSPS) is 13.6. The van der Waals surface area contributed by atoms with Crippen LogP contribution in [0, 0.1) is 0 Å². The number of nitrogens with one attached hydrogen (secondary N) is 2. The Morgan fingerprint density at radius 1 is 0.921 bits per heavy atom. The van der Waals surface area contributed by atoms with Crippen LogP contribution in [0.4, 0.5) is 17.1 Å². The summed E-state index contributed by atoms with van der Waals surface area (Å²) in [5, 5.41) is 6.30. The third-order valence-corrected chi connectivity index (χ3v) is 6.26. The number of hydrogen-bond donors (Lipinski definition) is 2. The van der Waals surface area contributed by atoms with Crippen LogP contribution in [-0.4, -0.2) is 57.0 Å². The number of carbonyl (C=O) groups is 3. The Balaban J connectivity index is 1.66. The lowest BCUT2D eigenvalue weighted by Gasteiger charge is -2.20. The molecule has 0 fully saturated rings. The summed E-state index contributed by atoms with van der Waals surface area (Å²) in [6.07, 6.45) is 0.431. The van der Waals surface area contributed by atoms with Crippen LogP contribution >= 0.6 is 0 Å². The largest absolute Gasteiger partial charge is 0.462 e. The van der Waals surface area contributed by atoms with Gasteiger partial charge in [0.2, 0.25) is 5.91 Å². The highest BCUT2D eigenvalue weighted by atomic mass is 16.5. The van der Waals surface area contributed by atoms with Gasteiger partial charge in [-0.2, -0.15) is 0 Å². The molecule has 0 bridgehead atoms. The molecule has 8 nitrogen and oxygen atoms in total. The van der Waals surface area contributed by atoms with Gasteiger partial charge in [-0.1, -0.05) is 36.4 Å². The molecule has 3 aromatic rings. The van der Waals surface area contributed by atoms with E-state index in [4.69, 9.17) is 4.74 Å². The van der Waals surface area contributed by atoms with Crippen molar-refractivity contribution in [1.29, 1.82) is 0 Å². The van der Waals surface area contributed by atoms with E-state index < -0.39 is 5.97 Å². The summed E-state index contributed by atoms with van der Waals surface area (Å²) in [6.45, 7) is 2.70. The molecule has 1 aliphatic rings. The van der Waals surface area contributed by atoms with Gasteiger partial charge in [0.05, 0.1) is 29.1 Å². The fourth-order valence-corrected chi connectivity index (χ4v) is 4.19. The quantitative estimate of drug-likeness (QED) is 0.319. The molecule has 0 aliphatic carbocycles. The maximum atomic E-state index is 13.2. The number of amides is 2. The topological polar surface area (TPSA) is 91.0 Å². The molecule has 0 aromatic heterocycles. The van der Waals surface area contributed by atoms with Gasteiger partial charge in [-0.05, 0) is 63.0 Å². The van der Waals surface area contributed by atoms with Gasteiger partial charge >= 0.3 is 5.97 Å². The molecule has 38 heavy (non-hydrogen) atoms. The van der Waals surface area contributed by atoms with Crippen LogP contribution in [0.15, 0.2) is 72.8 Å². The monoisotopic (exact) mass is 512 g/mol. The van der Waals surface area contributed by atoms with Gasteiger partial charge < -0.3 is 25.2 Å². The molecule has 2 amide bonds. The van der Waals surface area contributed by atoms with Gasteiger partial charge in [-0.25, -0.2) is 4.79 Å². The molecule has 2 N–H and O–H groups in total. The molecular formula is C30H32N4O4. The second-order valence-electron chi connectivity index (χ2n) is 9.23. The Labute approximate surface area is 222 Å². The summed E-state index contributed by atoms with van der Waals surface area (Å²) >= 11 is 0. The summed E-state index contributed by atoms with van der Waals surface area (Å²) in [5.41, 5.74) is 5.11. The summed E-state index contributed by atoms with van der Waals surface area (Å²) in [5.74, 6) is -0.670. The number of nitrogens with zero attached hydrogens (tertiary/aromatic N) is 2. The Kier molecular flexibility index (Phi) is 8.23. The van der Waals surface area contributed by atoms with Crippen molar-refractivity contribution in [3.8, 4) is 0 Å². The van der Waals surface area contributed by atoms with E-state index in [2.05, 4.69) is 10.6 Å². The third-order valence-electron chi connectivity index (χ3n) is 6.26. The standard InChI is InChI=1S/C30H32N4O4/c1-5-38-30(37)21-11-16-24-25(19-21)32-29(36)27(24)28(20-9-7-6-8-10-20)31-22-12-14-23(15-13-22)34(4)26(35)17-18-33(2)3/h6-16,19,31H,5,17-18H2,1-4H3,(H,32,36). The van der Waals surface area contributed by atoms with Crippen molar-refractivity contribution in [2.45, 2.75) is 13.3 Å². The molecule has 3 aromatic carbocycles. The highest BCUT2D eigenvalue weighted by Gasteiger charge is 2.29. The zero-order valence-corrected chi connectivity index (χ0v) is 22.1. The number of rotatable bonds is 9. The van der Waals surface area contributed by atoms with E-state index >= 15 is 0 Å². The molecule has 0 saturated heterocycles. The number of ether oxygens (including phenoxy) is 1. The fourth-order valence-electron chi connectivity index (χ4n) is 4.19. The van der Waals surface area contributed by atoms with Crippen LogP contribution in [0.25, 0.3) is 11.3 Å². The second-order valence-corrected chi connectivity index (χ2v) is 9.23. The second kappa shape index (κ2) is 11.7. The van der Waals surface area contributed by atoms with Gasteiger partial charge in [-0.3, -0.25) is 9.59 Å². The zero-order valence-electron chi connectivity index (χ0n) is 22.1. The van der Waals surface area contributed by atoms with E-state index in [1.165, 1.54) is 0 Å². The summed E-state index contributed by atoms with van der Waals surface area (Å²) in [7, 11) is 5.64. The first-order chi connectivity index (χ1) is 18.3. The van der Waals surface area contributed by atoms with Crippen molar-refractivity contribution in [1.82, 2.24) is 4.90 Å². The molecular weight excluding hydrogens is 480 g/mol. The number of benzene rings is 3. The van der Waals surface area contributed by atoms with Gasteiger partial charge in [0.25, 0.3) is 5.91 Å². The summed E-state index contributed by atoms with van der Waals surface area (Å²) in [6, 6.07) is 22.2. The Morgan fingerprint density at radius 3 is 2.29 bits per heavy atom. The lowest BCUT2D eigenvalue weighted by molar-refractivity contribution is -0.118. The fraction of sp³-hybridized carbons (Fsp3) is 0.233. The highest BCUT2D eigenvalue weighted by molar-refractivity contribution is 6.37. The first-order valence-corrected chi connectivity index (χ1v) is 12.5. The average Bonchev–Trinajstić information content (AvgIpc) is 3.25. The van der Waals surface area contributed by atoms with Crippen LogP contribution in [0.1, 0.15) is 34.8 Å². The minimum Gasteiger partial charge on any atom is -0.462 e. The molecule has 0 saturated carbocycles. The SMILES string of the molecule is CCOC(=O)c1ccc2c(c1)NC(=O)C2=C(Nc1ccc(N(C)C(=O)CCN(C)C)cc1)c1ccccc1. The van der Waals surface area contributed by atoms with Crippen molar-refractivity contribution in [3.05, 3.63) is 89.5 Å². The van der Waals surface area contributed by atoms with Crippen molar-refractivity contribution in [2.24, 2.45) is 0 Å². The number of hydrogen-bond acceptors (Lipinski definition) is 6. The van der Waals surface area contributed by atoms with Crippen LogP contribution in [-0.2, 0) is 14.3 Å². The first-order valence-electron chi connectivity index (χ1n) is 12.5. The van der Waals surface area contributed by atoms with E-state index in [0.717, 1.165) is 16.9 Å². The van der Waals surface area contributed by atoms with E-state index in [1.807, 2.05) is 73.6 Å². The van der Waals surface area contributed by atoms with E-state index in [1.54, 1.807) is 37.1 Å². The van der Waals surface area contributed by atoms with Crippen LogP contribution in [0.2, 0.25) is 0 Å². The number of fused-ring (bicyclic) bond motifs is 1. The van der Waals surface area contributed by atoms with Crippen molar-refractivity contribution < 1.29 is 19.1 Å². The van der Waals surface area contributed by atoms with Crippen LogP contribution in [0.3, 0.4) is 0 Å². The van der Waals surface area contributed by atoms with Gasteiger partial charge in [0.1, 0.15) is 0 Å². The highest BCUT2D eigenvalue weighted by Crippen LogP contribution is 2.38. The third kappa shape index (κ3) is 5.92. The molecule has 0 atom stereocenters. The number of carbonyl (C=O) groups excluding carboxylic acids is 3. The van der Waals surface area contributed by atoms with Crippen LogP contribution < -0.4 is 15.5 Å². The molecule has 196 valence electrons. The van der Waals surface area contributed by atoms with Gasteiger partial charge in [0.15, 0.2) is 0 Å². The molecule has 1 heterocycles. The maximum Gasteiger partial charge on any atom is 0.338 e. The summed E-state index contributed by atoms with van der Waals surface area (Å²) in [4.78, 5) is 41.6. The minimum atomic E-state index is -0.436. The Hall–Kier alpha value is -4.43. The molecule has 0 spiro atoms. The Bertz CT molecular complexity index is 1360. The molecule has 8 heteroatoms. The number of anilines is 3. The van der Waals surface area contributed by atoms with Gasteiger partial charge in [0, 0.05) is 37.0 Å². The smallest absolute Gasteiger partial charge is 0.338 e. The molecule has 0 unspecified atom stereocenters. The minimum absolute atomic E-state index is 0.0351. The van der Waals surface area contributed by atoms with E-state index in [-0.39, 0.29) is 18.4 Å².